The van der Waals surface area contributed by atoms with Crippen molar-refractivity contribution in [2.45, 2.75) is 33.1 Å². The maximum Gasteiger partial charge on any atom is 0.254 e. The molecule has 0 saturated carbocycles. The molecule has 8 heteroatoms. The van der Waals surface area contributed by atoms with E-state index in [1.807, 2.05) is 6.92 Å². The lowest BCUT2D eigenvalue weighted by Gasteiger charge is -2.22. The normalized spacial score (nSPS) is 10.4. The molecule has 2 aromatic heterocycles. The van der Waals surface area contributed by atoms with Gasteiger partial charge >= 0.3 is 0 Å². The SMILES string of the molecule is CCOc1ccc(N(CCC#N)C(=O)CCc2c(C)nc(-c3ccncc3)[nH]c2=O)cc1. The van der Waals surface area contributed by atoms with Gasteiger partial charge in [-0.05, 0) is 56.7 Å². The van der Waals surface area contributed by atoms with E-state index in [4.69, 9.17) is 10.00 Å². The number of benzene rings is 1. The van der Waals surface area contributed by atoms with Crippen LogP contribution in [0.1, 0.15) is 31.0 Å². The molecule has 0 spiro atoms. The molecule has 32 heavy (non-hydrogen) atoms. The predicted molar refractivity (Wildman–Crippen MR) is 121 cm³/mol. The minimum absolute atomic E-state index is 0.124. The van der Waals surface area contributed by atoms with E-state index >= 15 is 0 Å². The van der Waals surface area contributed by atoms with Crippen molar-refractivity contribution in [3.63, 3.8) is 0 Å². The molecule has 0 unspecified atom stereocenters. The number of H-pyrrole nitrogens is 1. The average Bonchev–Trinajstić information content (AvgIpc) is 2.80. The van der Waals surface area contributed by atoms with E-state index in [1.165, 1.54) is 0 Å². The Morgan fingerprint density at radius 1 is 1.19 bits per heavy atom. The van der Waals surface area contributed by atoms with Crippen molar-refractivity contribution >= 4 is 11.6 Å². The summed E-state index contributed by atoms with van der Waals surface area (Å²) in [6.45, 7) is 4.49. The van der Waals surface area contributed by atoms with Crippen LogP contribution in [0.5, 0.6) is 5.75 Å². The summed E-state index contributed by atoms with van der Waals surface area (Å²) in [4.78, 5) is 38.5. The van der Waals surface area contributed by atoms with Gasteiger partial charge < -0.3 is 14.6 Å². The van der Waals surface area contributed by atoms with Gasteiger partial charge in [-0.15, -0.1) is 0 Å². The molecule has 164 valence electrons. The third-order valence-electron chi connectivity index (χ3n) is 4.97. The Hall–Kier alpha value is -3.99. The molecule has 0 fully saturated rings. The van der Waals surface area contributed by atoms with Crippen LogP contribution in [0.15, 0.2) is 53.6 Å². The summed E-state index contributed by atoms with van der Waals surface area (Å²) in [6.07, 6.45) is 3.85. The first-order chi connectivity index (χ1) is 15.5. The molecular formula is C24H25N5O3. The van der Waals surface area contributed by atoms with Crippen LogP contribution in [0, 0.1) is 18.3 Å². The molecule has 3 rings (SSSR count). The number of carbonyl (C=O) groups is 1. The third kappa shape index (κ3) is 5.58. The van der Waals surface area contributed by atoms with Crippen molar-refractivity contribution in [3.8, 4) is 23.2 Å². The fourth-order valence-corrected chi connectivity index (χ4v) is 3.37. The van der Waals surface area contributed by atoms with E-state index < -0.39 is 0 Å². The Balaban J connectivity index is 1.75. The van der Waals surface area contributed by atoms with E-state index in [9.17, 15) is 9.59 Å². The second-order valence-electron chi connectivity index (χ2n) is 7.09. The van der Waals surface area contributed by atoms with Crippen LogP contribution in [0.25, 0.3) is 11.4 Å². The fourth-order valence-electron chi connectivity index (χ4n) is 3.37. The first kappa shape index (κ1) is 22.7. The van der Waals surface area contributed by atoms with E-state index in [2.05, 4.69) is 21.0 Å². The number of aryl methyl sites for hydroxylation is 1. The molecule has 0 saturated heterocycles. The van der Waals surface area contributed by atoms with Crippen molar-refractivity contribution in [1.29, 1.82) is 5.26 Å². The smallest absolute Gasteiger partial charge is 0.254 e. The number of anilines is 1. The van der Waals surface area contributed by atoms with Crippen molar-refractivity contribution in [3.05, 3.63) is 70.4 Å². The van der Waals surface area contributed by atoms with Gasteiger partial charge in [0.1, 0.15) is 11.6 Å². The zero-order chi connectivity index (χ0) is 22.9. The lowest BCUT2D eigenvalue weighted by molar-refractivity contribution is -0.118. The number of aromatic nitrogens is 3. The molecule has 0 aliphatic carbocycles. The van der Waals surface area contributed by atoms with Crippen molar-refractivity contribution in [1.82, 2.24) is 15.0 Å². The Kier molecular flexibility index (Phi) is 7.70. The predicted octanol–water partition coefficient (Wildman–Crippen LogP) is 3.42. The van der Waals surface area contributed by atoms with E-state index in [0.717, 1.165) is 5.56 Å². The number of nitrogens with one attached hydrogen (secondary N) is 1. The second-order valence-corrected chi connectivity index (χ2v) is 7.09. The van der Waals surface area contributed by atoms with Crippen LogP contribution in [0.2, 0.25) is 0 Å². The van der Waals surface area contributed by atoms with Crippen LogP contribution in [-0.2, 0) is 11.2 Å². The van der Waals surface area contributed by atoms with Gasteiger partial charge in [0.15, 0.2) is 0 Å². The van der Waals surface area contributed by atoms with Crippen LogP contribution in [0.3, 0.4) is 0 Å². The molecule has 1 N–H and O–H groups in total. The second kappa shape index (κ2) is 10.9. The Morgan fingerprint density at radius 2 is 1.91 bits per heavy atom. The van der Waals surface area contributed by atoms with Gasteiger partial charge in [0.25, 0.3) is 5.56 Å². The Morgan fingerprint density at radius 3 is 2.53 bits per heavy atom. The van der Waals surface area contributed by atoms with Gasteiger partial charge in [-0.1, -0.05) is 0 Å². The number of amides is 1. The zero-order valence-electron chi connectivity index (χ0n) is 18.2. The number of pyridine rings is 1. The molecule has 8 nitrogen and oxygen atoms in total. The number of nitrogens with zero attached hydrogens (tertiary/aromatic N) is 4. The first-order valence-corrected chi connectivity index (χ1v) is 10.4. The lowest BCUT2D eigenvalue weighted by atomic mass is 10.1. The summed E-state index contributed by atoms with van der Waals surface area (Å²) in [7, 11) is 0. The number of hydrogen-bond donors (Lipinski definition) is 1. The molecule has 3 aromatic rings. The maximum absolute atomic E-state index is 13.0. The minimum Gasteiger partial charge on any atom is -0.494 e. The molecule has 0 atom stereocenters. The summed E-state index contributed by atoms with van der Waals surface area (Å²) >= 11 is 0. The number of hydrogen-bond acceptors (Lipinski definition) is 6. The number of rotatable bonds is 9. The van der Waals surface area contributed by atoms with Crippen LogP contribution in [0.4, 0.5) is 5.69 Å². The van der Waals surface area contributed by atoms with E-state index in [1.54, 1.807) is 60.6 Å². The molecule has 1 aromatic carbocycles. The summed E-state index contributed by atoms with van der Waals surface area (Å²) in [5.74, 6) is 1.02. The molecular weight excluding hydrogens is 406 g/mol. The van der Waals surface area contributed by atoms with Crippen LogP contribution >= 0.6 is 0 Å². The zero-order valence-corrected chi connectivity index (χ0v) is 18.2. The number of ether oxygens (including phenoxy) is 1. The minimum atomic E-state index is -0.262. The topological polar surface area (TPSA) is 112 Å². The van der Waals surface area contributed by atoms with Gasteiger partial charge in [0.05, 0.1) is 19.1 Å². The lowest BCUT2D eigenvalue weighted by Crippen LogP contribution is -2.32. The standard InChI is InChI=1S/C24H25N5O3/c1-3-32-20-7-5-19(6-8-20)29(16-4-13-25)22(30)10-9-21-17(2)27-23(28-24(21)31)18-11-14-26-15-12-18/h5-8,11-12,14-15H,3-4,9-10,16H2,1-2H3,(H,27,28,31). The molecule has 0 radical (unpaired) electrons. The highest BCUT2D eigenvalue weighted by atomic mass is 16.5. The number of carbonyl (C=O) groups excluding carboxylic acids is 1. The van der Waals surface area contributed by atoms with Crippen LogP contribution in [-0.4, -0.2) is 34.0 Å². The van der Waals surface area contributed by atoms with Crippen molar-refractivity contribution < 1.29 is 9.53 Å². The Bertz CT molecular complexity index is 1150. The van der Waals surface area contributed by atoms with Gasteiger partial charge in [0.2, 0.25) is 5.91 Å². The monoisotopic (exact) mass is 431 g/mol. The maximum atomic E-state index is 13.0. The van der Waals surface area contributed by atoms with E-state index in [0.29, 0.717) is 35.1 Å². The van der Waals surface area contributed by atoms with Crippen molar-refractivity contribution in [2.75, 3.05) is 18.1 Å². The summed E-state index contributed by atoms with van der Waals surface area (Å²) < 4.78 is 5.45. The van der Waals surface area contributed by atoms with Gasteiger partial charge in [-0.2, -0.15) is 5.26 Å². The highest BCUT2D eigenvalue weighted by Gasteiger charge is 2.18. The Labute approximate surface area is 186 Å². The van der Waals surface area contributed by atoms with E-state index in [-0.39, 0.29) is 37.3 Å². The highest BCUT2D eigenvalue weighted by molar-refractivity contribution is 5.93. The number of nitriles is 1. The summed E-state index contributed by atoms with van der Waals surface area (Å²) in [6, 6.07) is 12.8. The average molecular weight is 431 g/mol. The highest BCUT2D eigenvalue weighted by Crippen LogP contribution is 2.21. The third-order valence-corrected chi connectivity index (χ3v) is 4.97. The quantitative estimate of drug-likeness (QED) is 0.556. The summed E-state index contributed by atoms with van der Waals surface area (Å²) in [5, 5.41) is 8.99. The number of aromatic amines is 1. The van der Waals surface area contributed by atoms with Gasteiger partial charge in [-0.3, -0.25) is 14.6 Å². The molecule has 2 heterocycles. The van der Waals surface area contributed by atoms with Gasteiger partial charge in [0, 0.05) is 47.9 Å². The van der Waals surface area contributed by atoms with Crippen molar-refractivity contribution in [2.24, 2.45) is 0 Å². The molecule has 0 aliphatic rings. The fraction of sp³-hybridized carbons (Fsp3) is 0.292. The molecule has 1 amide bonds. The summed E-state index contributed by atoms with van der Waals surface area (Å²) in [5.41, 5.74) is 2.24. The molecule has 0 aliphatic heterocycles. The largest absolute Gasteiger partial charge is 0.494 e. The molecule has 0 bridgehead atoms. The van der Waals surface area contributed by atoms with Gasteiger partial charge in [-0.25, -0.2) is 4.98 Å². The first-order valence-electron chi connectivity index (χ1n) is 10.4. The van der Waals surface area contributed by atoms with Crippen LogP contribution < -0.4 is 15.2 Å².